The zero-order chi connectivity index (χ0) is 20.5. The average Bonchev–Trinajstić information content (AvgIpc) is 3.05. The zero-order valence-electron chi connectivity index (χ0n) is 15.1. The van der Waals surface area contributed by atoms with Gasteiger partial charge in [-0.05, 0) is 23.8 Å². The van der Waals surface area contributed by atoms with Gasteiger partial charge in [0, 0.05) is 25.7 Å². The molecule has 1 aromatic heterocycles. The van der Waals surface area contributed by atoms with Crippen LogP contribution in [0.1, 0.15) is 17.4 Å². The number of nitrogens with zero attached hydrogens (tertiary/aromatic N) is 2. The molecule has 3 aromatic rings. The molecule has 0 aliphatic heterocycles. The van der Waals surface area contributed by atoms with Crippen LogP contribution in [0.15, 0.2) is 70.7 Å². The summed E-state index contributed by atoms with van der Waals surface area (Å²) in [5.74, 6) is 0.477. The predicted octanol–water partition coefficient (Wildman–Crippen LogP) is 2.54. The maximum atomic E-state index is 13.1. The third kappa shape index (κ3) is 4.27. The van der Waals surface area contributed by atoms with Crippen LogP contribution in [0.5, 0.6) is 0 Å². The van der Waals surface area contributed by atoms with Gasteiger partial charge < -0.3 is 4.57 Å². The van der Waals surface area contributed by atoms with Crippen LogP contribution >= 0.6 is 11.6 Å². The van der Waals surface area contributed by atoms with Crippen LogP contribution in [0.4, 0.5) is 0 Å². The molecular formula is C18H18ClN3O4S2. The van der Waals surface area contributed by atoms with E-state index in [-0.39, 0.29) is 14.8 Å². The van der Waals surface area contributed by atoms with Crippen LogP contribution < -0.4 is 4.72 Å². The number of nitrogens with one attached hydrogen (secondary N) is 1. The Bertz CT molecular complexity index is 1210. The molecule has 0 saturated heterocycles. The molecule has 148 valence electrons. The number of aromatic nitrogens is 2. The van der Waals surface area contributed by atoms with E-state index in [1.54, 1.807) is 48.3 Å². The molecule has 7 nitrogen and oxygen atoms in total. The van der Waals surface area contributed by atoms with Crippen molar-refractivity contribution in [3.8, 4) is 0 Å². The largest absolute Gasteiger partial charge is 0.336 e. The monoisotopic (exact) mass is 439 g/mol. The van der Waals surface area contributed by atoms with E-state index in [0.29, 0.717) is 11.4 Å². The van der Waals surface area contributed by atoms with Crippen LogP contribution in [0.2, 0.25) is 5.02 Å². The summed E-state index contributed by atoms with van der Waals surface area (Å²) in [6, 6.07) is 11.7. The molecule has 0 amide bonds. The van der Waals surface area contributed by atoms with Crippen LogP contribution in [0.3, 0.4) is 0 Å². The second-order valence-corrected chi connectivity index (χ2v) is 10.3. The normalized spacial score (nSPS) is 13.4. The topological polar surface area (TPSA) is 98.1 Å². The van der Waals surface area contributed by atoms with E-state index in [4.69, 9.17) is 11.6 Å². The van der Waals surface area contributed by atoms with Gasteiger partial charge in [0.15, 0.2) is 9.84 Å². The molecule has 3 rings (SSSR count). The average molecular weight is 440 g/mol. The first-order valence-corrected chi connectivity index (χ1v) is 11.9. The Hall–Kier alpha value is -2.20. The van der Waals surface area contributed by atoms with E-state index in [0.717, 1.165) is 12.3 Å². The molecule has 0 aliphatic rings. The molecule has 2 aromatic carbocycles. The van der Waals surface area contributed by atoms with E-state index >= 15 is 0 Å². The molecular weight excluding hydrogens is 422 g/mol. The van der Waals surface area contributed by atoms with Crippen LogP contribution in [-0.4, -0.2) is 32.6 Å². The van der Waals surface area contributed by atoms with E-state index < -0.39 is 25.9 Å². The first-order chi connectivity index (χ1) is 13.1. The summed E-state index contributed by atoms with van der Waals surface area (Å²) in [6.07, 6.45) is 4.27. The van der Waals surface area contributed by atoms with Crippen molar-refractivity contribution in [2.75, 3.05) is 6.26 Å². The summed E-state index contributed by atoms with van der Waals surface area (Å²) in [4.78, 5) is 3.81. The lowest BCUT2D eigenvalue weighted by Gasteiger charge is -2.20. The highest BCUT2D eigenvalue weighted by atomic mass is 35.5. The minimum atomic E-state index is -4.16. The third-order valence-electron chi connectivity index (χ3n) is 4.14. The summed E-state index contributed by atoms with van der Waals surface area (Å²) in [7, 11) is -6.01. The smallest absolute Gasteiger partial charge is 0.243 e. The van der Waals surface area contributed by atoms with Crippen molar-refractivity contribution in [1.29, 1.82) is 0 Å². The van der Waals surface area contributed by atoms with Crippen LogP contribution in [-0.2, 0) is 26.9 Å². The molecule has 0 saturated carbocycles. The summed E-state index contributed by atoms with van der Waals surface area (Å²) in [5.41, 5.74) is 0.677. The Balaban J connectivity index is 2.10. The zero-order valence-corrected chi connectivity index (χ0v) is 17.5. The first-order valence-electron chi connectivity index (χ1n) is 8.14. The summed E-state index contributed by atoms with van der Waals surface area (Å²) < 4.78 is 54.1. The van der Waals surface area contributed by atoms with E-state index in [9.17, 15) is 16.8 Å². The number of halogens is 1. The predicted molar refractivity (Wildman–Crippen MR) is 106 cm³/mol. The number of aryl methyl sites for hydroxylation is 1. The minimum absolute atomic E-state index is 0.0773. The second kappa shape index (κ2) is 7.67. The molecule has 0 aliphatic carbocycles. The molecule has 1 unspecified atom stereocenters. The number of sulfone groups is 1. The quantitative estimate of drug-likeness (QED) is 0.636. The molecule has 0 spiro atoms. The fourth-order valence-electron chi connectivity index (χ4n) is 2.71. The Kier molecular flexibility index (Phi) is 5.62. The molecule has 0 fully saturated rings. The molecule has 0 bridgehead atoms. The fourth-order valence-corrected chi connectivity index (χ4v) is 5.14. The van der Waals surface area contributed by atoms with Gasteiger partial charge in [-0.2, -0.15) is 4.72 Å². The van der Waals surface area contributed by atoms with Crippen LogP contribution in [0, 0.1) is 0 Å². The fraction of sp³-hybridized carbons (Fsp3) is 0.167. The van der Waals surface area contributed by atoms with Crippen molar-refractivity contribution < 1.29 is 16.8 Å². The molecule has 1 heterocycles. The lowest BCUT2D eigenvalue weighted by atomic mass is 10.1. The Labute approximate surface area is 169 Å². The molecule has 0 radical (unpaired) electrons. The minimum Gasteiger partial charge on any atom is -0.336 e. The van der Waals surface area contributed by atoms with Gasteiger partial charge in [0.05, 0.1) is 9.92 Å². The van der Waals surface area contributed by atoms with Gasteiger partial charge in [-0.15, -0.1) is 0 Å². The van der Waals surface area contributed by atoms with Gasteiger partial charge in [-0.1, -0.05) is 41.9 Å². The molecule has 1 N–H and O–H groups in total. The van der Waals surface area contributed by atoms with Crippen molar-refractivity contribution in [2.24, 2.45) is 7.05 Å². The van der Waals surface area contributed by atoms with Gasteiger partial charge in [-0.25, -0.2) is 21.8 Å². The van der Waals surface area contributed by atoms with Gasteiger partial charge in [0.2, 0.25) is 10.0 Å². The summed E-state index contributed by atoms with van der Waals surface area (Å²) >= 11 is 6.08. The maximum Gasteiger partial charge on any atom is 0.243 e. The van der Waals surface area contributed by atoms with Crippen molar-refractivity contribution in [3.63, 3.8) is 0 Å². The SMILES string of the molecule is Cn1ccnc1C(NS(=O)(=O)c1cc(S(C)(=O)=O)ccc1Cl)c1ccccc1. The number of imidazole rings is 1. The van der Waals surface area contributed by atoms with Crippen LogP contribution in [0.25, 0.3) is 0 Å². The van der Waals surface area contributed by atoms with Crippen molar-refractivity contribution >= 4 is 31.5 Å². The Morgan fingerprint density at radius 1 is 1.07 bits per heavy atom. The van der Waals surface area contributed by atoms with E-state index in [1.807, 2.05) is 6.07 Å². The summed E-state index contributed by atoms with van der Waals surface area (Å²) in [5, 5.41) is -0.0773. The summed E-state index contributed by atoms with van der Waals surface area (Å²) in [6.45, 7) is 0. The molecule has 1 atom stereocenters. The van der Waals surface area contributed by atoms with Gasteiger partial charge in [0.1, 0.15) is 16.8 Å². The van der Waals surface area contributed by atoms with Crippen molar-refractivity contribution in [3.05, 3.63) is 77.3 Å². The molecule has 28 heavy (non-hydrogen) atoms. The highest BCUT2D eigenvalue weighted by molar-refractivity contribution is 7.91. The number of hydrogen-bond donors (Lipinski definition) is 1. The van der Waals surface area contributed by atoms with Crippen molar-refractivity contribution in [1.82, 2.24) is 14.3 Å². The lowest BCUT2D eigenvalue weighted by Crippen LogP contribution is -2.31. The van der Waals surface area contributed by atoms with Gasteiger partial charge in [0.25, 0.3) is 0 Å². The third-order valence-corrected chi connectivity index (χ3v) is 7.16. The Morgan fingerprint density at radius 2 is 1.75 bits per heavy atom. The highest BCUT2D eigenvalue weighted by Gasteiger charge is 2.28. The molecule has 10 heteroatoms. The maximum absolute atomic E-state index is 13.1. The standard InChI is InChI=1S/C18H18ClN3O4S2/c1-22-11-10-20-18(22)17(13-6-4-3-5-7-13)21-28(25,26)16-12-14(27(2,23)24)8-9-15(16)19/h3-12,17,21H,1-2H3. The first kappa shape index (κ1) is 20.5. The second-order valence-electron chi connectivity index (χ2n) is 6.23. The highest BCUT2D eigenvalue weighted by Crippen LogP contribution is 2.28. The Morgan fingerprint density at radius 3 is 2.32 bits per heavy atom. The van der Waals surface area contributed by atoms with Crippen molar-refractivity contribution in [2.45, 2.75) is 15.8 Å². The lowest BCUT2D eigenvalue weighted by molar-refractivity contribution is 0.562. The number of hydrogen-bond acceptors (Lipinski definition) is 5. The van der Waals surface area contributed by atoms with E-state index in [2.05, 4.69) is 9.71 Å². The number of rotatable bonds is 6. The van der Waals surface area contributed by atoms with E-state index in [1.165, 1.54) is 12.1 Å². The van der Waals surface area contributed by atoms with Gasteiger partial charge in [-0.3, -0.25) is 0 Å². The number of sulfonamides is 1. The number of benzene rings is 2. The van der Waals surface area contributed by atoms with Gasteiger partial charge >= 0.3 is 0 Å².